The second-order valence-corrected chi connectivity index (χ2v) is 5.81. The van der Waals surface area contributed by atoms with Crippen LogP contribution < -0.4 is 0 Å². The van der Waals surface area contributed by atoms with Crippen molar-refractivity contribution in [1.82, 2.24) is 5.06 Å². The molecule has 2 amide bonds. The summed E-state index contributed by atoms with van der Waals surface area (Å²) in [5.74, 6) is -1.69. The van der Waals surface area contributed by atoms with E-state index in [-0.39, 0.29) is 12.2 Å². The lowest BCUT2D eigenvalue weighted by Gasteiger charge is -2.12. The molecule has 0 fully saturated rings. The number of nitrogens with zero attached hydrogens (tertiary/aromatic N) is 4. The lowest BCUT2D eigenvalue weighted by Crippen LogP contribution is -2.29. The standard InChI is InChI=1S/C15H10N4O5S/c16-18-17-8-23-15(22)9-5-10(25-7-9)6-24-19-13(20)11-3-1-2-4-12(11)14(19)21/h1-5,7H,6,8H2. The van der Waals surface area contributed by atoms with Gasteiger partial charge in [-0.2, -0.15) is 0 Å². The predicted octanol–water partition coefficient (Wildman–Crippen LogP) is 2.90. The van der Waals surface area contributed by atoms with Gasteiger partial charge in [-0.1, -0.05) is 17.2 Å². The van der Waals surface area contributed by atoms with Crippen LogP contribution in [0, 0.1) is 0 Å². The van der Waals surface area contributed by atoms with E-state index >= 15 is 0 Å². The van der Waals surface area contributed by atoms with Gasteiger partial charge in [-0.3, -0.25) is 14.4 Å². The fourth-order valence-corrected chi connectivity index (χ4v) is 2.93. The van der Waals surface area contributed by atoms with Gasteiger partial charge in [0.15, 0.2) is 6.73 Å². The van der Waals surface area contributed by atoms with Crippen molar-refractivity contribution >= 4 is 29.1 Å². The minimum Gasteiger partial charge on any atom is -0.456 e. The summed E-state index contributed by atoms with van der Waals surface area (Å²) in [6.07, 6.45) is 0. The second kappa shape index (κ2) is 7.14. The molecular weight excluding hydrogens is 348 g/mol. The first-order chi connectivity index (χ1) is 12.1. The minimum absolute atomic E-state index is 0.0558. The molecule has 0 aliphatic carbocycles. The number of rotatable bonds is 6. The molecule has 0 saturated carbocycles. The Morgan fingerprint density at radius 3 is 2.56 bits per heavy atom. The molecule has 0 saturated heterocycles. The van der Waals surface area contributed by atoms with E-state index in [1.165, 1.54) is 17.4 Å². The number of azide groups is 1. The quantitative estimate of drug-likeness (QED) is 0.258. The molecule has 1 aliphatic heterocycles. The molecule has 1 aromatic carbocycles. The normalized spacial score (nSPS) is 12.7. The lowest BCUT2D eigenvalue weighted by atomic mass is 10.1. The summed E-state index contributed by atoms with van der Waals surface area (Å²) in [4.78, 5) is 44.4. The Kier molecular flexibility index (Phi) is 4.75. The number of hydroxylamine groups is 2. The van der Waals surface area contributed by atoms with E-state index in [0.717, 1.165) is 0 Å². The maximum absolute atomic E-state index is 12.2. The summed E-state index contributed by atoms with van der Waals surface area (Å²) in [6, 6.07) is 7.97. The average molecular weight is 358 g/mol. The first kappa shape index (κ1) is 16.7. The highest BCUT2D eigenvalue weighted by Crippen LogP contribution is 2.24. The molecule has 1 aromatic heterocycles. The van der Waals surface area contributed by atoms with Gasteiger partial charge in [0.05, 0.1) is 16.7 Å². The van der Waals surface area contributed by atoms with Crippen LogP contribution in [0.25, 0.3) is 10.4 Å². The van der Waals surface area contributed by atoms with E-state index in [4.69, 9.17) is 15.1 Å². The van der Waals surface area contributed by atoms with Crippen molar-refractivity contribution in [3.63, 3.8) is 0 Å². The summed E-state index contributed by atoms with van der Waals surface area (Å²) in [5, 5.41) is 5.36. The fraction of sp³-hybridized carbons (Fsp3) is 0.133. The highest BCUT2D eigenvalue weighted by molar-refractivity contribution is 7.10. The number of amides is 2. The third-order valence-corrected chi connectivity index (χ3v) is 4.21. The van der Waals surface area contributed by atoms with Crippen LogP contribution in [-0.4, -0.2) is 29.6 Å². The maximum atomic E-state index is 12.2. The summed E-state index contributed by atoms with van der Waals surface area (Å²) >= 11 is 1.21. The van der Waals surface area contributed by atoms with E-state index < -0.39 is 24.5 Å². The number of hydrogen-bond donors (Lipinski definition) is 0. The van der Waals surface area contributed by atoms with Crippen LogP contribution in [0.5, 0.6) is 0 Å². The average Bonchev–Trinajstić information content (AvgIpc) is 3.18. The molecule has 126 valence electrons. The number of carbonyl (C=O) groups is 3. The molecule has 0 bridgehead atoms. The van der Waals surface area contributed by atoms with Crippen LogP contribution in [0.2, 0.25) is 0 Å². The Morgan fingerprint density at radius 1 is 1.24 bits per heavy atom. The first-order valence-corrected chi connectivity index (χ1v) is 7.86. The number of carbonyl (C=O) groups excluding carboxylic acids is 3. The molecule has 2 heterocycles. The Morgan fingerprint density at radius 2 is 1.92 bits per heavy atom. The van der Waals surface area contributed by atoms with Crippen LogP contribution in [0.4, 0.5) is 0 Å². The van der Waals surface area contributed by atoms with Crippen LogP contribution >= 0.6 is 11.3 Å². The summed E-state index contributed by atoms with van der Waals surface area (Å²) in [6.45, 7) is -0.453. The molecule has 0 atom stereocenters. The van der Waals surface area contributed by atoms with Gasteiger partial charge in [0.25, 0.3) is 11.8 Å². The molecule has 0 N–H and O–H groups in total. The van der Waals surface area contributed by atoms with Gasteiger partial charge in [-0.15, -0.1) is 16.4 Å². The van der Waals surface area contributed by atoms with Gasteiger partial charge >= 0.3 is 5.97 Å². The maximum Gasteiger partial charge on any atom is 0.339 e. The molecule has 10 heteroatoms. The van der Waals surface area contributed by atoms with E-state index in [0.29, 0.717) is 21.1 Å². The summed E-state index contributed by atoms with van der Waals surface area (Å²) in [5.41, 5.74) is 8.98. The number of ether oxygens (including phenoxy) is 1. The molecule has 1 aliphatic rings. The van der Waals surface area contributed by atoms with Crippen molar-refractivity contribution in [2.45, 2.75) is 6.61 Å². The van der Waals surface area contributed by atoms with Crippen LogP contribution in [0.3, 0.4) is 0 Å². The highest BCUT2D eigenvalue weighted by atomic mass is 32.1. The molecule has 0 radical (unpaired) electrons. The highest BCUT2D eigenvalue weighted by Gasteiger charge is 2.36. The van der Waals surface area contributed by atoms with Gasteiger partial charge in [0.2, 0.25) is 0 Å². The fourth-order valence-electron chi connectivity index (χ4n) is 2.17. The molecule has 0 spiro atoms. The van der Waals surface area contributed by atoms with E-state index in [2.05, 4.69) is 10.0 Å². The minimum atomic E-state index is -0.643. The second-order valence-electron chi connectivity index (χ2n) is 4.82. The number of imide groups is 1. The smallest absolute Gasteiger partial charge is 0.339 e. The monoisotopic (exact) mass is 358 g/mol. The zero-order chi connectivity index (χ0) is 17.8. The lowest BCUT2D eigenvalue weighted by molar-refractivity contribution is -0.0998. The zero-order valence-corrected chi connectivity index (χ0v) is 13.4. The van der Waals surface area contributed by atoms with Gasteiger partial charge in [-0.05, 0) is 23.7 Å². The van der Waals surface area contributed by atoms with Gasteiger partial charge in [-0.25, -0.2) is 4.79 Å². The molecular formula is C15H10N4O5S. The van der Waals surface area contributed by atoms with Crippen molar-refractivity contribution in [2.75, 3.05) is 6.73 Å². The SMILES string of the molecule is [N-]=[N+]=NCOC(=O)c1csc(CON2C(=O)c3ccccc3C2=O)c1. The zero-order valence-electron chi connectivity index (χ0n) is 12.6. The molecule has 2 aromatic rings. The summed E-state index contributed by atoms with van der Waals surface area (Å²) < 4.78 is 4.72. The number of benzene rings is 1. The Hall–Kier alpha value is -3.20. The van der Waals surface area contributed by atoms with E-state index in [1.54, 1.807) is 29.6 Å². The summed E-state index contributed by atoms with van der Waals surface area (Å²) in [7, 11) is 0. The van der Waals surface area contributed by atoms with Gasteiger partial charge in [0.1, 0.15) is 6.61 Å². The van der Waals surface area contributed by atoms with E-state index in [1.807, 2.05) is 0 Å². The number of thiophene rings is 1. The topological polar surface area (TPSA) is 122 Å². The van der Waals surface area contributed by atoms with Crippen molar-refractivity contribution in [3.8, 4) is 0 Å². The number of hydrogen-bond acceptors (Lipinski definition) is 7. The molecule has 0 unspecified atom stereocenters. The molecule has 3 rings (SSSR count). The largest absolute Gasteiger partial charge is 0.456 e. The Bertz CT molecular complexity index is 868. The number of fused-ring (bicyclic) bond motifs is 1. The van der Waals surface area contributed by atoms with Gasteiger partial charge in [0, 0.05) is 15.2 Å². The Labute approximate surface area is 145 Å². The van der Waals surface area contributed by atoms with Crippen LogP contribution in [0.1, 0.15) is 36.0 Å². The van der Waals surface area contributed by atoms with Crippen molar-refractivity contribution < 1.29 is 24.0 Å². The van der Waals surface area contributed by atoms with Crippen LogP contribution in [-0.2, 0) is 16.2 Å². The van der Waals surface area contributed by atoms with Gasteiger partial charge < -0.3 is 4.74 Å². The van der Waals surface area contributed by atoms with E-state index in [9.17, 15) is 14.4 Å². The Balaban J connectivity index is 1.62. The van der Waals surface area contributed by atoms with Crippen molar-refractivity contribution in [3.05, 3.63) is 67.7 Å². The third kappa shape index (κ3) is 3.36. The number of esters is 1. The van der Waals surface area contributed by atoms with Crippen molar-refractivity contribution in [2.24, 2.45) is 5.11 Å². The predicted molar refractivity (Wildman–Crippen MR) is 85.5 cm³/mol. The molecule has 25 heavy (non-hydrogen) atoms. The van der Waals surface area contributed by atoms with Crippen LogP contribution in [0.15, 0.2) is 40.8 Å². The third-order valence-electron chi connectivity index (χ3n) is 3.30. The van der Waals surface area contributed by atoms with Crippen molar-refractivity contribution in [1.29, 1.82) is 0 Å². The first-order valence-electron chi connectivity index (χ1n) is 6.98. The molecule has 9 nitrogen and oxygen atoms in total.